The summed E-state index contributed by atoms with van der Waals surface area (Å²) < 4.78 is 12.7. The van der Waals surface area contributed by atoms with E-state index in [2.05, 4.69) is 20.2 Å². The van der Waals surface area contributed by atoms with Crippen LogP contribution >= 0.6 is 0 Å². The first-order valence-electron chi connectivity index (χ1n) is 12.4. The third-order valence-electron chi connectivity index (χ3n) is 6.81. The van der Waals surface area contributed by atoms with Gasteiger partial charge in [-0.15, -0.1) is 0 Å². The maximum Gasteiger partial charge on any atom is 0.260 e. The Morgan fingerprint density at radius 1 is 1.17 bits per heavy atom. The number of hydrogen-bond donors (Lipinski definition) is 1. The smallest absolute Gasteiger partial charge is 0.260 e. The molecule has 1 saturated carbocycles. The Balaban J connectivity index is 1.49. The number of aryl methyl sites for hydroxylation is 1. The van der Waals surface area contributed by atoms with Crippen LogP contribution in [0, 0.1) is 6.92 Å². The van der Waals surface area contributed by atoms with Gasteiger partial charge in [0.2, 0.25) is 5.95 Å². The molecule has 2 fully saturated rings. The molecule has 184 valence electrons. The molecule has 1 saturated heterocycles. The normalized spacial score (nSPS) is 16.9. The molecule has 0 atom stereocenters. The number of aromatic nitrogens is 4. The molecule has 1 aliphatic carbocycles. The van der Waals surface area contributed by atoms with E-state index in [9.17, 15) is 4.79 Å². The van der Waals surface area contributed by atoms with E-state index < -0.39 is 0 Å². The molecule has 1 aliphatic heterocycles. The first kappa shape index (κ1) is 23.3. The lowest BCUT2D eigenvalue weighted by molar-refractivity contribution is 0.122. The minimum absolute atomic E-state index is 0.0320. The fourth-order valence-electron chi connectivity index (χ4n) is 4.91. The number of nitrogens with zero attached hydrogens (tertiary/aromatic N) is 5. The fourth-order valence-corrected chi connectivity index (χ4v) is 4.91. The van der Waals surface area contributed by atoms with E-state index in [1.165, 1.54) is 0 Å². The Labute approximate surface area is 204 Å². The largest absolute Gasteiger partial charge is 0.501 e. The number of ether oxygens (including phenoxy) is 2. The molecular weight excluding hydrogens is 444 g/mol. The van der Waals surface area contributed by atoms with Crippen LogP contribution in [0.2, 0.25) is 0 Å². The summed E-state index contributed by atoms with van der Waals surface area (Å²) in [6.07, 6.45) is 11.2. The summed E-state index contributed by atoms with van der Waals surface area (Å²) >= 11 is 0. The van der Waals surface area contributed by atoms with Gasteiger partial charge in [0.25, 0.3) is 5.56 Å². The molecule has 4 heterocycles. The second-order valence-corrected chi connectivity index (χ2v) is 8.97. The monoisotopic (exact) mass is 476 g/mol. The van der Waals surface area contributed by atoms with Crippen molar-refractivity contribution >= 4 is 34.6 Å². The molecule has 1 N–H and O–H groups in total. The molecular formula is C26H32N6O3. The van der Waals surface area contributed by atoms with Gasteiger partial charge in [0.15, 0.2) is 0 Å². The summed E-state index contributed by atoms with van der Waals surface area (Å²) in [7, 11) is 0. The third kappa shape index (κ3) is 4.86. The van der Waals surface area contributed by atoms with Gasteiger partial charge < -0.3 is 19.7 Å². The second-order valence-electron chi connectivity index (χ2n) is 8.97. The number of morpholine rings is 1. The highest BCUT2D eigenvalue weighted by Crippen LogP contribution is 2.32. The van der Waals surface area contributed by atoms with Gasteiger partial charge in [-0.25, -0.2) is 9.97 Å². The average molecular weight is 477 g/mol. The van der Waals surface area contributed by atoms with E-state index in [4.69, 9.17) is 14.5 Å². The maximum atomic E-state index is 13.6. The molecule has 35 heavy (non-hydrogen) atoms. The van der Waals surface area contributed by atoms with Gasteiger partial charge in [0.1, 0.15) is 11.5 Å². The van der Waals surface area contributed by atoms with E-state index in [1.807, 2.05) is 36.7 Å². The molecule has 0 spiro atoms. The van der Waals surface area contributed by atoms with Crippen molar-refractivity contribution in [3.8, 4) is 0 Å². The molecule has 2 aliphatic rings. The van der Waals surface area contributed by atoms with Gasteiger partial charge in [0.05, 0.1) is 38.0 Å². The van der Waals surface area contributed by atoms with E-state index >= 15 is 0 Å². The average Bonchev–Trinajstić information content (AvgIpc) is 3.42. The molecule has 3 aromatic heterocycles. The zero-order valence-corrected chi connectivity index (χ0v) is 20.4. The van der Waals surface area contributed by atoms with Gasteiger partial charge in [-0.1, -0.05) is 12.8 Å². The molecule has 3 aromatic rings. The van der Waals surface area contributed by atoms with Crippen LogP contribution in [0.5, 0.6) is 0 Å². The Morgan fingerprint density at radius 3 is 2.69 bits per heavy atom. The van der Waals surface area contributed by atoms with Crippen molar-refractivity contribution in [1.82, 2.24) is 19.5 Å². The van der Waals surface area contributed by atoms with Gasteiger partial charge >= 0.3 is 0 Å². The predicted molar refractivity (Wildman–Crippen MR) is 137 cm³/mol. The molecule has 0 radical (unpaired) electrons. The quantitative estimate of drug-likeness (QED) is 0.507. The van der Waals surface area contributed by atoms with Crippen molar-refractivity contribution in [3.05, 3.63) is 52.3 Å². The standard InChI is InChI=1S/C26H32N6O3/c1-3-34-13-10-21-18(2)22-17-28-26(30-24(22)32(25(21)33)19-6-4-5-7-19)29-23-9-8-20(16-27-23)31-11-14-35-15-12-31/h8-10,13,16-17,19H,3-7,11-12,14-15H2,1-2H3,(H,27,28,29,30). The highest BCUT2D eigenvalue weighted by molar-refractivity contribution is 5.83. The minimum Gasteiger partial charge on any atom is -0.501 e. The summed E-state index contributed by atoms with van der Waals surface area (Å²) in [5, 5.41) is 4.08. The topological polar surface area (TPSA) is 94.4 Å². The second kappa shape index (κ2) is 10.4. The maximum absolute atomic E-state index is 13.6. The van der Waals surface area contributed by atoms with Crippen LogP contribution in [-0.2, 0) is 9.47 Å². The zero-order valence-electron chi connectivity index (χ0n) is 20.4. The Hall–Kier alpha value is -3.46. The summed E-state index contributed by atoms with van der Waals surface area (Å²) in [6, 6.07) is 4.10. The van der Waals surface area contributed by atoms with Gasteiger partial charge in [-0.2, -0.15) is 4.98 Å². The van der Waals surface area contributed by atoms with Crippen molar-refractivity contribution in [3.63, 3.8) is 0 Å². The first-order valence-corrected chi connectivity index (χ1v) is 12.4. The lowest BCUT2D eigenvalue weighted by Gasteiger charge is -2.28. The van der Waals surface area contributed by atoms with Crippen molar-refractivity contribution in [1.29, 1.82) is 0 Å². The Bertz CT molecular complexity index is 1260. The van der Waals surface area contributed by atoms with E-state index in [1.54, 1.807) is 18.5 Å². The van der Waals surface area contributed by atoms with Gasteiger partial charge in [0, 0.05) is 36.3 Å². The molecule has 0 amide bonds. The summed E-state index contributed by atoms with van der Waals surface area (Å²) in [5.74, 6) is 1.08. The minimum atomic E-state index is -0.0320. The van der Waals surface area contributed by atoms with E-state index in [0.717, 1.165) is 68.6 Å². The third-order valence-corrected chi connectivity index (χ3v) is 6.81. The lowest BCUT2D eigenvalue weighted by Crippen LogP contribution is -2.36. The number of nitrogens with one attached hydrogen (secondary N) is 1. The zero-order chi connectivity index (χ0) is 24.2. The number of rotatable bonds is 7. The van der Waals surface area contributed by atoms with E-state index in [0.29, 0.717) is 29.6 Å². The molecule has 9 nitrogen and oxygen atoms in total. The van der Waals surface area contributed by atoms with Crippen LogP contribution in [0.1, 0.15) is 49.8 Å². The van der Waals surface area contributed by atoms with Gasteiger partial charge in [-0.05, 0) is 50.5 Å². The number of pyridine rings is 2. The van der Waals surface area contributed by atoms with Gasteiger partial charge in [-0.3, -0.25) is 9.36 Å². The molecule has 0 aromatic carbocycles. The molecule has 0 unspecified atom stereocenters. The van der Waals surface area contributed by atoms with Crippen molar-refractivity contribution in [2.45, 2.75) is 45.6 Å². The Kier molecular flexibility index (Phi) is 6.94. The number of fused-ring (bicyclic) bond motifs is 1. The number of hydrogen-bond acceptors (Lipinski definition) is 8. The van der Waals surface area contributed by atoms with Crippen molar-refractivity contribution in [2.24, 2.45) is 0 Å². The SMILES string of the molecule is CCOC=Cc1c(C)c2cnc(Nc3ccc(N4CCOCC4)cn3)nc2n(C2CCCC2)c1=O. The highest BCUT2D eigenvalue weighted by atomic mass is 16.5. The van der Waals surface area contributed by atoms with Crippen LogP contribution < -0.4 is 15.8 Å². The van der Waals surface area contributed by atoms with Crippen molar-refractivity contribution < 1.29 is 9.47 Å². The van der Waals surface area contributed by atoms with Crippen LogP contribution in [0.3, 0.4) is 0 Å². The van der Waals surface area contributed by atoms with Crippen LogP contribution in [0.25, 0.3) is 17.1 Å². The van der Waals surface area contributed by atoms with Crippen LogP contribution in [0.4, 0.5) is 17.5 Å². The summed E-state index contributed by atoms with van der Waals surface area (Å²) in [6.45, 7) is 7.61. The Morgan fingerprint density at radius 2 is 1.97 bits per heavy atom. The molecule has 9 heteroatoms. The summed E-state index contributed by atoms with van der Waals surface area (Å²) in [5.41, 5.74) is 3.18. The molecule has 5 rings (SSSR count). The predicted octanol–water partition coefficient (Wildman–Crippen LogP) is 4.20. The fraction of sp³-hybridized carbons (Fsp3) is 0.462. The van der Waals surface area contributed by atoms with E-state index in [-0.39, 0.29) is 11.6 Å². The lowest BCUT2D eigenvalue weighted by atomic mass is 10.1. The van der Waals surface area contributed by atoms with Crippen molar-refractivity contribution in [2.75, 3.05) is 43.1 Å². The first-order chi connectivity index (χ1) is 17.2. The molecule has 0 bridgehead atoms. The summed E-state index contributed by atoms with van der Waals surface area (Å²) in [4.78, 5) is 29.8. The van der Waals surface area contributed by atoms with Crippen LogP contribution in [-0.4, -0.2) is 52.4 Å². The van der Waals surface area contributed by atoms with Crippen LogP contribution in [0.15, 0.2) is 35.6 Å². The highest BCUT2D eigenvalue weighted by Gasteiger charge is 2.24. The number of anilines is 3.